The number of hydrogen-bond acceptors (Lipinski definition) is 5. The van der Waals surface area contributed by atoms with Crippen LogP contribution in [0.15, 0.2) is 18.2 Å². The highest BCUT2D eigenvalue weighted by molar-refractivity contribution is 5.95. The molecular weight excluding hydrogens is 252 g/mol. The van der Waals surface area contributed by atoms with Gasteiger partial charge in [0.2, 0.25) is 0 Å². The Morgan fingerprint density at radius 2 is 2.26 bits per heavy atom. The van der Waals surface area contributed by atoms with E-state index in [2.05, 4.69) is 5.32 Å². The fourth-order valence-electron chi connectivity index (χ4n) is 1.42. The molecule has 0 bridgehead atoms. The van der Waals surface area contributed by atoms with E-state index in [0.717, 1.165) is 6.42 Å². The predicted molar refractivity (Wildman–Crippen MR) is 68.3 cm³/mol. The predicted octanol–water partition coefficient (Wildman–Crippen LogP) is 1.11. The van der Waals surface area contributed by atoms with Gasteiger partial charge < -0.3 is 15.2 Å². The molecule has 2 N–H and O–H groups in total. The van der Waals surface area contributed by atoms with Crippen molar-refractivity contribution in [2.24, 2.45) is 0 Å². The van der Waals surface area contributed by atoms with Crippen molar-refractivity contribution in [1.29, 1.82) is 0 Å². The third kappa shape index (κ3) is 4.22. The summed E-state index contributed by atoms with van der Waals surface area (Å²) < 4.78 is 5.07. The SMILES string of the molecule is CCCNC(=O)c1ccc([N+](=O)[O-])c(OCCO)c1. The van der Waals surface area contributed by atoms with Crippen LogP contribution < -0.4 is 10.1 Å². The number of nitro benzene ring substituents is 1. The highest BCUT2D eigenvalue weighted by Crippen LogP contribution is 2.27. The molecule has 7 heteroatoms. The summed E-state index contributed by atoms with van der Waals surface area (Å²) in [4.78, 5) is 21.9. The summed E-state index contributed by atoms with van der Waals surface area (Å²) in [6, 6.07) is 3.89. The molecule has 1 rings (SSSR count). The Bertz CT molecular complexity index is 461. The molecule has 0 aliphatic rings. The number of rotatable bonds is 7. The van der Waals surface area contributed by atoms with Gasteiger partial charge in [-0.05, 0) is 12.5 Å². The number of carbonyl (C=O) groups is 1. The number of benzene rings is 1. The van der Waals surface area contributed by atoms with E-state index < -0.39 is 4.92 Å². The number of nitro groups is 1. The van der Waals surface area contributed by atoms with Gasteiger partial charge in [-0.3, -0.25) is 14.9 Å². The average Bonchev–Trinajstić information content (AvgIpc) is 2.41. The number of carbonyl (C=O) groups excluding carboxylic acids is 1. The molecule has 0 aliphatic heterocycles. The summed E-state index contributed by atoms with van der Waals surface area (Å²) in [5, 5.41) is 22.1. The largest absolute Gasteiger partial charge is 0.484 e. The van der Waals surface area contributed by atoms with Gasteiger partial charge in [-0.1, -0.05) is 6.92 Å². The minimum absolute atomic E-state index is 0.0248. The van der Waals surface area contributed by atoms with Crippen molar-refractivity contribution in [3.05, 3.63) is 33.9 Å². The number of amides is 1. The Kier molecular flexibility index (Phi) is 5.74. The lowest BCUT2D eigenvalue weighted by Gasteiger charge is -2.08. The molecule has 0 unspecified atom stereocenters. The Morgan fingerprint density at radius 3 is 2.84 bits per heavy atom. The fraction of sp³-hybridized carbons (Fsp3) is 0.417. The van der Waals surface area contributed by atoms with Crippen molar-refractivity contribution < 1.29 is 19.6 Å². The molecule has 1 aromatic carbocycles. The topological polar surface area (TPSA) is 102 Å². The van der Waals surface area contributed by atoms with E-state index in [9.17, 15) is 14.9 Å². The quantitative estimate of drug-likeness (QED) is 0.569. The number of aliphatic hydroxyl groups excluding tert-OH is 1. The summed E-state index contributed by atoms with van der Waals surface area (Å²) in [6.07, 6.45) is 0.798. The Balaban J connectivity index is 2.96. The maximum absolute atomic E-state index is 11.7. The van der Waals surface area contributed by atoms with E-state index in [1.54, 1.807) is 0 Å². The first-order valence-corrected chi connectivity index (χ1v) is 5.90. The molecule has 0 saturated heterocycles. The van der Waals surface area contributed by atoms with Crippen LogP contribution in [-0.4, -0.2) is 35.7 Å². The molecule has 0 fully saturated rings. The van der Waals surface area contributed by atoms with Crippen LogP contribution in [-0.2, 0) is 0 Å². The standard InChI is InChI=1S/C12H16N2O5/c1-2-5-13-12(16)9-3-4-10(14(17)18)11(8-9)19-7-6-15/h3-4,8,15H,2,5-7H2,1H3,(H,13,16). The third-order valence-corrected chi connectivity index (χ3v) is 2.30. The zero-order valence-corrected chi connectivity index (χ0v) is 10.6. The zero-order valence-electron chi connectivity index (χ0n) is 10.6. The normalized spacial score (nSPS) is 10.0. The molecule has 0 saturated carbocycles. The third-order valence-electron chi connectivity index (χ3n) is 2.30. The molecule has 0 heterocycles. The van der Waals surface area contributed by atoms with Gasteiger partial charge in [0, 0.05) is 24.2 Å². The molecule has 19 heavy (non-hydrogen) atoms. The zero-order chi connectivity index (χ0) is 14.3. The molecule has 0 spiro atoms. The van der Waals surface area contributed by atoms with Gasteiger partial charge >= 0.3 is 5.69 Å². The number of nitrogens with zero attached hydrogens (tertiary/aromatic N) is 1. The van der Waals surface area contributed by atoms with E-state index in [4.69, 9.17) is 9.84 Å². The maximum atomic E-state index is 11.7. The summed E-state index contributed by atoms with van der Waals surface area (Å²) in [5.41, 5.74) is 0.0486. The molecule has 0 aliphatic carbocycles. The number of nitrogens with one attached hydrogen (secondary N) is 1. The Labute approximate surface area is 110 Å². The van der Waals surface area contributed by atoms with Crippen molar-refractivity contribution in [2.75, 3.05) is 19.8 Å². The van der Waals surface area contributed by atoms with Gasteiger partial charge in [0.15, 0.2) is 5.75 Å². The van der Waals surface area contributed by atoms with Crippen LogP contribution in [0.25, 0.3) is 0 Å². The highest BCUT2D eigenvalue weighted by atomic mass is 16.6. The molecule has 0 atom stereocenters. The van der Waals surface area contributed by atoms with Crippen molar-refractivity contribution >= 4 is 11.6 Å². The molecule has 104 valence electrons. The van der Waals surface area contributed by atoms with Crippen LogP contribution in [0.2, 0.25) is 0 Å². The first kappa shape index (κ1) is 14.9. The maximum Gasteiger partial charge on any atom is 0.310 e. The van der Waals surface area contributed by atoms with Gasteiger partial charge in [-0.15, -0.1) is 0 Å². The lowest BCUT2D eigenvalue weighted by molar-refractivity contribution is -0.385. The lowest BCUT2D eigenvalue weighted by Crippen LogP contribution is -2.24. The first-order chi connectivity index (χ1) is 9.10. The minimum atomic E-state index is -0.597. The van der Waals surface area contributed by atoms with E-state index in [0.29, 0.717) is 6.54 Å². The highest BCUT2D eigenvalue weighted by Gasteiger charge is 2.17. The second-order valence-electron chi connectivity index (χ2n) is 3.77. The van der Waals surface area contributed by atoms with Crippen LogP contribution in [0.3, 0.4) is 0 Å². The van der Waals surface area contributed by atoms with Crippen LogP contribution >= 0.6 is 0 Å². The van der Waals surface area contributed by atoms with Gasteiger partial charge in [0.05, 0.1) is 11.5 Å². The summed E-state index contributed by atoms with van der Waals surface area (Å²) in [6.45, 7) is 2.12. The van der Waals surface area contributed by atoms with Crippen LogP contribution in [0.5, 0.6) is 5.75 Å². The van der Waals surface area contributed by atoms with E-state index in [1.165, 1.54) is 18.2 Å². The summed E-state index contributed by atoms with van der Waals surface area (Å²) >= 11 is 0. The monoisotopic (exact) mass is 268 g/mol. The number of aliphatic hydroxyl groups is 1. The molecule has 0 radical (unpaired) electrons. The number of ether oxygens (including phenoxy) is 1. The van der Waals surface area contributed by atoms with E-state index >= 15 is 0 Å². The van der Waals surface area contributed by atoms with Gasteiger partial charge in [-0.25, -0.2) is 0 Å². The second-order valence-corrected chi connectivity index (χ2v) is 3.77. The summed E-state index contributed by atoms with van der Waals surface area (Å²) in [7, 11) is 0. The fourth-order valence-corrected chi connectivity index (χ4v) is 1.42. The molecule has 1 amide bonds. The number of hydrogen-bond donors (Lipinski definition) is 2. The van der Waals surface area contributed by atoms with Gasteiger partial charge in [0.1, 0.15) is 6.61 Å². The Hall–Kier alpha value is -2.15. The Morgan fingerprint density at radius 1 is 1.53 bits per heavy atom. The van der Waals surface area contributed by atoms with Crippen molar-refractivity contribution in [2.45, 2.75) is 13.3 Å². The smallest absolute Gasteiger partial charge is 0.310 e. The van der Waals surface area contributed by atoms with Gasteiger partial charge in [0.25, 0.3) is 5.91 Å². The molecule has 1 aromatic rings. The van der Waals surface area contributed by atoms with Crippen molar-refractivity contribution in [1.82, 2.24) is 5.32 Å². The average molecular weight is 268 g/mol. The van der Waals surface area contributed by atoms with E-state index in [1.807, 2.05) is 6.92 Å². The van der Waals surface area contributed by atoms with Crippen LogP contribution in [0.4, 0.5) is 5.69 Å². The lowest BCUT2D eigenvalue weighted by atomic mass is 10.1. The van der Waals surface area contributed by atoms with Crippen molar-refractivity contribution in [3.63, 3.8) is 0 Å². The van der Waals surface area contributed by atoms with Gasteiger partial charge in [-0.2, -0.15) is 0 Å². The molecular formula is C12H16N2O5. The van der Waals surface area contributed by atoms with Crippen molar-refractivity contribution in [3.8, 4) is 5.75 Å². The first-order valence-electron chi connectivity index (χ1n) is 5.90. The summed E-state index contributed by atoms with van der Waals surface area (Å²) in [5.74, 6) is -0.339. The second kappa shape index (κ2) is 7.32. The van der Waals surface area contributed by atoms with E-state index in [-0.39, 0.29) is 36.1 Å². The minimum Gasteiger partial charge on any atom is -0.484 e. The van der Waals surface area contributed by atoms with Crippen LogP contribution in [0, 0.1) is 10.1 Å². The molecule has 0 aromatic heterocycles. The molecule has 7 nitrogen and oxygen atoms in total. The van der Waals surface area contributed by atoms with Crippen LogP contribution in [0.1, 0.15) is 23.7 Å².